The fraction of sp³-hybridized carbons (Fsp3) is 0.250. The van der Waals surface area contributed by atoms with Crippen molar-refractivity contribution in [1.29, 1.82) is 0 Å². The Labute approximate surface area is 99.7 Å². The maximum absolute atomic E-state index is 5.58. The van der Waals surface area contributed by atoms with Crippen molar-refractivity contribution in [2.24, 2.45) is 5.73 Å². The molecule has 0 aliphatic carbocycles. The summed E-state index contributed by atoms with van der Waals surface area (Å²) in [4.78, 5) is 5.43. The van der Waals surface area contributed by atoms with Gasteiger partial charge in [0.05, 0.1) is 6.33 Å². The van der Waals surface area contributed by atoms with Gasteiger partial charge in [0.1, 0.15) is 0 Å². The van der Waals surface area contributed by atoms with Gasteiger partial charge in [-0.1, -0.05) is 6.07 Å². The first-order chi connectivity index (χ1) is 7.85. The highest BCUT2D eigenvalue weighted by atomic mass is 32.2. The fourth-order valence-corrected chi connectivity index (χ4v) is 2.10. The second-order valence-electron chi connectivity index (χ2n) is 3.50. The lowest BCUT2D eigenvalue weighted by Crippen LogP contribution is -2.07. The molecule has 1 aromatic heterocycles. The van der Waals surface area contributed by atoms with Gasteiger partial charge < -0.3 is 10.3 Å². The quantitative estimate of drug-likeness (QED) is 0.822. The summed E-state index contributed by atoms with van der Waals surface area (Å²) in [6.07, 6.45) is 6.64. The molecule has 2 N–H and O–H groups in total. The van der Waals surface area contributed by atoms with Crippen LogP contribution in [0.25, 0.3) is 5.69 Å². The van der Waals surface area contributed by atoms with Gasteiger partial charge in [-0.2, -0.15) is 0 Å². The molecule has 84 valence electrons. The molecule has 1 heterocycles. The number of aromatic nitrogens is 2. The van der Waals surface area contributed by atoms with Crippen LogP contribution in [0, 0.1) is 0 Å². The maximum atomic E-state index is 5.58. The number of thioether (sulfide) groups is 1. The molecule has 2 aromatic rings. The van der Waals surface area contributed by atoms with Gasteiger partial charge in [-0.15, -0.1) is 11.8 Å². The van der Waals surface area contributed by atoms with Crippen molar-refractivity contribution in [3.63, 3.8) is 0 Å². The fourth-order valence-electron chi connectivity index (χ4n) is 1.65. The van der Waals surface area contributed by atoms with Gasteiger partial charge in [0.2, 0.25) is 0 Å². The Balaban J connectivity index is 2.37. The van der Waals surface area contributed by atoms with Crippen molar-refractivity contribution in [1.82, 2.24) is 9.55 Å². The van der Waals surface area contributed by atoms with Gasteiger partial charge in [0, 0.05) is 28.9 Å². The Kier molecular flexibility index (Phi) is 3.64. The van der Waals surface area contributed by atoms with E-state index in [0.717, 1.165) is 17.8 Å². The predicted octanol–water partition coefficient (Wildman–Crippen LogP) is 2.10. The molecule has 0 saturated heterocycles. The highest BCUT2D eigenvalue weighted by Gasteiger charge is 2.03. The van der Waals surface area contributed by atoms with E-state index in [1.165, 1.54) is 4.90 Å². The topological polar surface area (TPSA) is 43.8 Å². The highest BCUT2D eigenvalue weighted by Crippen LogP contribution is 2.19. The minimum atomic E-state index is 0.647. The van der Waals surface area contributed by atoms with Crippen LogP contribution in [0.5, 0.6) is 0 Å². The zero-order chi connectivity index (χ0) is 11.4. The van der Waals surface area contributed by atoms with E-state index >= 15 is 0 Å². The Morgan fingerprint density at radius 3 is 3.06 bits per heavy atom. The number of nitrogens with two attached hydrogens (primary N) is 1. The van der Waals surface area contributed by atoms with E-state index in [4.69, 9.17) is 5.73 Å². The summed E-state index contributed by atoms with van der Waals surface area (Å²) in [5.74, 6) is 0. The molecule has 0 spiro atoms. The third-order valence-corrected chi connectivity index (χ3v) is 3.17. The smallest absolute Gasteiger partial charge is 0.0994 e. The van der Waals surface area contributed by atoms with E-state index < -0.39 is 0 Å². The van der Waals surface area contributed by atoms with Crippen molar-refractivity contribution < 1.29 is 0 Å². The molecule has 4 heteroatoms. The van der Waals surface area contributed by atoms with Crippen LogP contribution < -0.4 is 5.73 Å². The Bertz CT molecular complexity index is 465. The van der Waals surface area contributed by atoms with Crippen LogP contribution in [0.2, 0.25) is 0 Å². The predicted molar refractivity (Wildman–Crippen MR) is 68.1 cm³/mol. The number of rotatable bonds is 4. The third kappa shape index (κ3) is 2.28. The molecule has 0 saturated carbocycles. The van der Waals surface area contributed by atoms with Crippen molar-refractivity contribution in [2.45, 2.75) is 11.3 Å². The molecular weight excluding hydrogens is 218 g/mol. The average molecular weight is 233 g/mol. The number of hydrogen-bond acceptors (Lipinski definition) is 3. The summed E-state index contributed by atoms with van der Waals surface area (Å²) in [6.45, 7) is 0.647. The van der Waals surface area contributed by atoms with Gasteiger partial charge >= 0.3 is 0 Å². The van der Waals surface area contributed by atoms with Crippen LogP contribution in [0.3, 0.4) is 0 Å². The maximum Gasteiger partial charge on any atom is 0.0994 e. The molecule has 0 fully saturated rings. The van der Waals surface area contributed by atoms with Crippen molar-refractivity contribution in [3.05, 3.63) is 42.5 Å². The summed E-state index contributed by atoms with van der Waals surface area (Å²) >= 11 is 1.74. The lowest BCUT2D eigenvalue weighted by Gasteiger charge is -2.08. The molecule has 1 aromatic carbocycles. The monoisotopic (exact) mass is 233 g/mol. The van der Waals surface area contributed by atoms with E-state index in [0.29, 0.717) is 6.54 Å². The summed E-state index contributed by atoms with van der Waals surface area (Å²) in [6, 6.07) is 8.41. The largest absolute Gasteiger partial charge is 0.330 e. The summed E-state index contributed by atoms with van der Waals surface area (Å²) in [5, 5.41) is 0. The van der Waals surface area contributed by atoms with Gasteiger partial charge in [-0.3, -0.25) is 0 Å². The first-order valence-electron chi connectivity index (χ1n) is 5.21. The van der Waals surface area contributed by atoms with E-state index in [2.05, 4.69) is 40.1 Å². The Morgan fingerprint density at radius 2 is 2.31 bits per heavy atom. The Morgan fingerprint density at radius 1 is 1.44 bits per heavy atom. The normalized spacial score (nSPS) is 10.6. The molecule has 0 aliphatic heterocycles. The van der Waals surface area contributed by atoms with Gasteiger partial charge in [-0.25, -0.2) is 4.98 Å². The minimum absolute atomic E-state index is 0.647. The second-order valence-corrected chi connectivity index (χ2v) is 4.37. The molecular formula is C12H15N3S. The zero-order valence-corrected chi connectivity index (χ0v) is 10.1. The van der Waals surface area contributed by atoms with Crippen LogP contribution >= 0.6 is 11.8 Å². The van der Waals surface area contributed by atoms with E-state index in [1.54, 1.807) is 11.8 Å². The van der Waals surface area contributed by atoms with Crippen LogP contribution in [0.15, 0.2) is 41.7 Å². The van der Waals surface area contributed by atoms with E-state index in [-0.39, 0.29) is 0 Å². The number of nitrogens with zero attached hydrogens (tertiary/aromatic N) is 2. The van der Waals surface area contributed by atoms with Crippen molar-refractivity contribution >= 4 is 11.8 Å². The van der Waals surface area contributed by atoms with Crippen molar-refractivity contribution in [2.75, 3.05) is 12.8 Å². The summed E-state index contributed by atoms with van der Waals surface area (Å²) in [7, 11) is 0. The first-order valence-corrected chi connectivity index (χ1v) is 6.43. The summed E-state index contributed by atoms with van der Waals surface area (Å²) < 4.78 is 2.09. The number of hydrogen-bond donors (Lipinski definition) is 1. The third-order valence-electron chi connectivity index (χ3n) is 2.45. The van der Waals surface area contributed by atoms with Crippen molar-refractivity contribution in [3.8, 4) is 5.69 Å². The molecule has 0 atom stereocenters. The van der Waals surface area contributed by atoms with Crippen LogP contribution in [-0.2, 0) is 6.42 Å². The minimum Gasteiger partial charge on any atom is -0.330 e. The van der Waals surface area contributed by atoms with Crippen LogP contribution in [0.4, 0.5) is 0 Å². The standard InChI is InChI=1S/C12H15N3S/c1-16-12-4-2-3-10(7-12)15-9-14-8-11(15)5-6-13/h2-4,7-9H,5-6,13H2,1H3. The van der Waals surface area contributed by atoms with Gasteiger partial charge in [0.15, 0.2) is 0 Å². The van der Waals surface area contributed by atoms with Crippen LogP contribution in [0.1, 0.15) is 5.69 Å². The molecule has 16 heavy (non-hydrogen) atoms. The van der Waals surface area contributed by atoms with Gasteiger partial charge in [0.25, 0.3) is 0 Å². The lowest BCUT2D eigenvalue weighted by molar-refractivity contribution is 0.872. The van der Waals surface area contributed by atoms with Gasteiger partial charge in [-0.05, 0) is 31.0 Å². The Hall–Kier alpha value is -1.26. The van der Waals surface area contributed by atoms with Crippen LogP contribution in [-0.4, -0.2) is 22.4 Å². The highest BCUT2D eigenvalue weighted by molar-refractivity contribution is 7.98. The average Bonchev–Trinajstić information content (AvgIpc) is 2.78. The molecule has 2 rings (SSSR count). The zero-order valence-electron chi connectivity index (χ0n) is 9.26. The molecule has 3 nitrogen and oxygen atoms in total. The lowest BCUT2D eigenvalue weighted by atomic mass is 10.3. The van der Waals surface area contributed by atoms with E-state index in [1.807, 2.05) is 12.5 Å². The molecule has 0 amide bonds. The molecule has 0 bridgehead atoms. The number of imidazole rings is 1. The van der Waals surface area contributed by atoms with E-state index in [9.17, 15) is 0 Å². The second kappa shape index (κ2) is 5.18. The SMILES string of the molecule is CSc1cccc(-n2cncc2CCN)c1. The summed E-state index contributed by atoms with van der Waals surface area (Å²) in [5.41, 5.74) is 7.88. The molecule has 0 unspecified atom stereocenters. The molecule has 0 radical (unpaired) electrons. The number of benzene rings is 1. The molecule has 0 aliphatic rings. The first kappa shape index (κ1) is 11.2.